The van der Waals surface area contributed by atoms with Crippen molar-refractivity contribution in [3.8, 4) is 0 Å². The molecule has 0 aromatic rings. The second-order valence-electron chi connectivity index (χ2n) is 4.95. The molecule has 1 aliphatic carbocycles. The number of carbonyl (C=O) groups is 1. The van der Waals surface area contributed by atoms with Gasteiger partial charge in [0.15, 0.2) is 5.78 Å². The second-order valence-corrected chi connectivity index (χ2v) is 4.95. The Morgan fingerprint density at radius 1 is 1.29 bits per heavy atom. The summed E-state index contributed by atoms with van der Waals surface area (Å²) >= 11 is 0. The number of rotatable bonds is 7. The Morgan fingerprint density at radius 3 is 2.47 bits per heavy atom. The van der Waals surface area contributed by atoms with Crippen molar-refractivity contribution in [2.24, 2.45) is 0 Å². The van der Waals surface area contributed by atoms with E-state index in [0.29, 0.717) is 18.8 Å². The van der Waals surface area contributed by atoms with E-state index in [1.54, 1.807) is 0 Å². The standard InChI is InChI=1S/C15H26O2/c1-3-5-8-11-14(16)15(17-4-2)12-9-6-7-10-13-15/h3H,1,4-13H2,2H3. The van der Waals surface area contributed by atoms with Crippen LogP contribution in [0.25, 0.3) is 0 Å². The number of unbranched alkanes of at least 4 members (excludes halogenated alkanes) is 1. The molecule has 0 radical (unpaired) electrons. The highest BCUT2D eigenvalue weighted by molar-refractivity contribution is 5.87. The van der Waals surface area contributed by atoms with Gasteiger partial charge in [-0.05, 0) is 32.6 Å². The third kappa shape index (κ3) is 4.27. The van der Waals surface area contributed by atoms with Crippen LogP contribution in [0.4, 0.5) is 0 Å². The quantitative estimate of drug-likeness (QED) is 0.380. The van der Waals surface area contributed by atoms with E-state index in [1.807, 2.05) is 13.0 Å². The van der Waals surface area contributed by atoms with Crippen molar-refractivity contribution in [3.05, 3.63) is 12.7 Å². The third-order valence-corrected chi connectivity index (χ3v) is 3.65. The van der Waals surface area contributed by atoms with Gasteiger partial charge in [-0.25, -0.2) is 0 Å². The number of hydrogen-bond acceptors (Lipinski definition) is 2. The molecule has 0 saturated heterocycles. The van der Waals surface area contributed by atoms with E-state index in [1.165, 1.54) is 12.8 Å². The first-order valence-corrected chi connectivity index (χ1v) is 7.03. The highest BCUT2D eigenvalue weighted by atomic mass is 16.5. The molecule has 2 heteroatoms. The minimum atomic E-state index is -0.452. The van der Waals surface area contributed by atoms with E-state index in [9.17, 15) is 4.79 Å². The first kappa shape index (κ1) is 14.4. The van der Waals surface area contributed by atoms with E-state index in [0.717, 1.165) is 38.5 Å². The number of ketones is 1. The molecule has 0 aliphatic heterocycles. The predicted molar refractivity (Wildman–Crippen MR) is 71.1 cm³/mol. The van der Waals surface area contributed by atoms with E-state index in [4.69, 9.17) is 4.74 Å². The first-order valence-electron chi connectivity index (χ1n) is 7.03. The van der Waals surface area contributed by atoms with Gasteiger partial charge >= 0.3 is 0 Å². The van der Waals surface area contributed by atoms with Gasteiger partial charge in [-0.1, -0.05) is 31.8 Å². The fraction of sp³-hybridized carbons (Fsp3) is 0.800. The lowest BCUT2D eigenvalue weighted by Crippen LogP contribution is -2.41. The van der Waals surface area contributed by atoms with Crippen molar-refractivity contribution >= 4 is 5.78 Å². The molecule has 0 N–H and O–H groups in total. The Labute approximate surface area is 105 Å². The zero-order valence-electron chi connectivity index (χ0n) is 11.2. The summed E-state index contributed by atoms with van der Waals surface area (Å²) in [5.41, 5.74) is -0.452. The summed E-state index contributed by atoms with van der Waals surface area (Å²) in [7, 11) is 0. The average molecular weight is 238 g/mol. The van der Waals surface area contributed by atoms with E-state index in [-0.39, 0.29) is 0 Å². The third-order valence-electron chi connectivity index (χ3n) is 3.65. The van der Waals surface area contributed by atoms with Gasteiger partial charge in [0.1, 0.15) is 5.60 Å². The minimum absolute atomic E-state index is 0.322. The molecular formula is C15H26O2. The van der Waals surface area contributed by atoms with Gasteiger partial charge in [0.2, 0.25) is 0 Å². The van der Waals surface area contributed by atoms with Gasteiger partial charge in [-0.15, -0.1) is 6.58 Å². The molecule has 0 heterocycles. The van der Waals surface area contributed by atoms with E-state index >= 15 is 0 Å². The summed E-state index contributed by atoms with van der Waals surface area (Å²) in [6, 6.07) is 0. The number of carbonyl (C=O) groups excluding carboxylic acids is 1. The van der Waals surface area contributed by atoms with Gasteiger partial charge in [0.05, 0.1) is 0 Å². The summed E-state index contributed by atoms with van der Waals surface area (Å²) in [6.45, 7) is 6.33. The average Bonchev–Trinajstić information content (AvgIpc) is 2.56. The molecular weight excluding hydrogens is 212 g/mol. The smallest absolute Gasteiger partial charge is 0.164 e. The molecule has 0 aromatic heterocycles. The van der Waals surface area contributed by atoms with Crippen molar-refractivity contribution < 1.29 is 9.53 Å². The van der Waals surface area contributed by atoms with Crippen LogP contribution in [0.15, 0.2) is 12.7 Å². The number of hydrogen-bond donors (Lipinski definition) is 0. The second kappa shape index (κ2) is 7.65. The summed E-state index contributed by atoms with van der Waals surface area (Å²) in [4.78, 5) is 12.4. The summed E-state index contributed by atoms with van der Waals surface area (Å²) in [6.07, 6.45) is 11.0. The molecule has 17 heavy (non-hydrogen) atoms. The van der Waals surface area contributed by atoms with Crippen molar-refractivity contribution in [3.63, 3.8) is 0 Å². The zero-order chi connectivity index (χ0) is 12.6. The van der Waals surface area contributed by atoms with Crippen LogP contribution in [-0.2, 0) is 9.53 Å². The molecule has 0 spiro atoms. The molecule has 0 bridgehead atoms. The van der Waals surface area contributed by atoms with Crippen LogP contribution in [0.5, 0.6) is 0 Å². The molecule has 0 atom stereocenters. The largest absolute Gasteiger partial charge is 0.368 e. The van der Waals surface area contributed by atoms with Crippen LogP contribution in [0.3, 0.4) is 0 Å². The fourth-order valence-electron chi connectivity index (χ4n) is 2.71. The van der Waals surface area contributed by atoms with E-state index in [2.05, 4.69) is 6.58 Å². The van der Waals surface area contributed by atoms with Gasteiger partial charge in [0, 0.05) is 13.0 Å². The fourth-order valence-corrected chi connectivity index (χ4v) is 2.71. The SMILES string of the molecule is C=CCCCC(=O)C1(OCC)CCCCCC1. The molecule has 1 rings (SSSR count). The Bertz CT molecular complexity index is 237. The first-order chi connectivity index (χ1) is 8.25. The number of ether oxygens (including phenoxy) is 1. The Kier molecular flexibility index (Phi) is 6.49. The monoisotopic (exact) mass is 238 g/mol. The van der Waals surface area contributed by atoms with Gasteiger partial charge in [0.25, 0.3) is 0 Å². The van der Waals surface area contributed by atoms with Crippen molar-refractivity contribution in [2.75, 3.05) is 6.61 Å². The maximum atomic E-state index is 12.4. The molecule has 1 saturated carbocycles. The molecule has 0 unspecified atom stereocenters. The van der Waals surface area contributed by atoms with Crippen molar-refractivity contribution in [2.45, 2.75) is 70.3 Å². The Morgan fingerprint density at radius 2 is 1.94 bits per heavy atom. The Hall–Kier alpha value is -0.630. The maximum Gasteiger partial charge on any atom is 0.164 e. The van der Waals surface area contributed by atoms with Gasteiger partial charge in [-0.3, -0.25) is 4.79 Å². The highest BCUT2D eigenvalue weighted by Crippen LogP contribution is 2.32. The molecule has 1 fully saturated rings. The van der Waals surface area contributed by atoms with Crippen LogP contribution in [0.2, 0.25) is 0 Å². The summed E-state index contributed by atoms with van der Waals surface area (Å²) < 4.78 is 5.87. The number of allylic oxidation sites excluding steroid dienone is 1. The molecule has 0 amide bonds. The maximum absolute atomic E-state index is 12.4. The van der Waals surface area contributed by atoms with Gasteiger partial charge < -0.3 is 4.74 Å². The lowest BCUT2D eigenvalue weighted by Gasteiger charge is -2.31. The van der Waals surface area contributed by atoms with Crippen LogP contribution in [-0.4, -0.2) is 18.0 Å². The van der Waals surface area contributed by atoms with Crippen LogP contribution >= 0.6 is 0 Å². The Balaban J connectivity index is 2.60. The summed E-state index contributed by atoms with van der Waals surface area (Å²) in [5, 5.41) is 0. The molecule has 2 nitrogen and oxygen atoms in total. The highest BCUT2D eigenvalue weighted by Gasteiger charge is 2.38. The number of Topliss-reactive ketones (excluding diaryl/α,β-unsaturated/α-hetero) is 1. The van der Waals surface area contributed by atoms with E-state index < -0.39 is 5.60 Å². The van der Waals surface area contributed by atoms with Crippen molar-refractivity contribution in [1.82, 2.24) is 0 Å². The minimum Gasteiger partial charge on any atom is -0.368 e. The van der Waals surface area contributed by atoms with Crippen LogP contribution < -0.4 is 0 Å². The van der Waals surface area contributed by atoms with Gasteiger partial charge in [-0.2, -0.15) is 0 Å². The predicted octanol–water partition coefficient (Wildman–Crippen LogP) is 4.04. The van der Waals surface area contributed by atoms with Crippen LogP contribution in [0.1, 0.15) is 64.7 Å². The lowest BCUT2D eigenvalue weighted by atomic mass is 9.87. The summed E-state index contributed by atoms with van der Waals surface area (Å²) in [5.74, 6) is 0.322. The zero-order valence-corrected chi connectivity index (χ0v) is 11.2. The lowest BCUT2D eigenvalue weighted by molar-refractivity contribution is -0.146. The molecule has 98 valence electrons. The van der Waals surface area contributed by atoms with Crippen molar-refractivity contribution in [1.29, 1.82) is 0 Å². The molecule has 1 aliphatic rings. The van der Waals surface area contributed by atoms with Crippen LogP contribution in [0, 0.1) is 0 Å². The molecule has 0 aromatic carbocycles. The topological polar surface area (TPSA) is 26.3 Å². The normalized spacial score (nSPS) is 19.6.